The molecule has 0 aliphatic heterocycles. The van der Waals surface area contributed by atoms with Crippen molar-refractivity contribution in [2.24, 2.45) is 0 Å². The van der Waals surface area contributed by atoms with Gasteiger partial charge in [-0.25, -0.2) is 4.39 Å². The highest BCUT2D eigenvalue weighted by Crippen LogP contribution is 2.28. The number of hydrogen-bond acceptors (Lipinski definition) is 1. The van der Waals surface area contributed by atoms with Crippen molar-refractivity contribution >= 4 is 0 Å². The Kier molecular flexibility index (Phi) is 3.03. The quantitative estimate of drug-likeness (QED) is 0.679. The second-order valence-electron chi connectivity index (χ2n) is 3.93. The Morgan fingerprint density at radius 2 is 2.13 bits per heavy atom. The monoisotopic (exact) mass is 203 g/mol. The standard InChI is InChI=1S/C13H14FN/c1-2-9-15(12-7-8-12)10-11-5-3-4-6-13(11)14/h1,3-6,12H,7-10H2. The zero-order valence-electron chi connectivity index (χ0n) is 8.62. The molecule has 2 rings (SSSR count). The summed E-state index contributed by atoms with van der Waals surface area (Å²) < 4.78 is 13.4. The molecule has 0 heterocycles. The molecule has 1 aliphatic carbocycles. The molecule has 1 saturated carbocycles. The van der Waals surface area contributed by atoms with Gasteiger partial charge < -0.3 is 0 Å². The van der Waals surface area contributed by atoms with Crippen LogP contribution < -0.4 is 0 Å². The van der Waals surface area contributed by atoms with Gasteiger partial charge in [-0.3, -0.25) is 4.90 Å². The highest BCUT2D eigenvalue weighted by atomic mass is 19.1. The number of halogens is 1. The van der Waals surface area contributed by atoms with Crippen LogP contribution in [0.3, 0.4) is 0 Å². The SMILES string of the molecule is C#CCN(Cc1ccccc1F)C1CC1. The van der Waals surface area contributed by atoms with Crippen LogP contribution in [0.2, 0.25) is 0 Å². The minimum absolute atomic E-state index is 0.139. The van der Waals surface area contributed by atoms with Crippen LogP contribution in [0, 0.1) is 18.2 Å². The molecular weight excluding hydrogens is 189 g/mol. The first kappa shape index (κ1) is 10.2. The van der Waals surface area contributed by atoms with Gasteiger partial charge in [0, 0.05) is 18.2 Å². The maximum atomic E-state index is 13.4. The van der Waals surface area contributed by atoms with E-state index in [4.69, 9.17) is 6.42 Å². The summed E-state index contributed by atoms with van der Waals surface area (Å²) in [4.78, 5) is 2.17. The van der Waals surface area contributed by atoms with Crippen LogP contribution in [0.4, 0.5) is 4.39 Å². The maximum Gasteiger partial charge on any atom is 0.127 e. The Labute approximate surface area is 89.9 Å². The number of nitrogens with zero attached hydrogens (tertiary/aromatic N) is 1. The van der Waals surface area contributed by atoms with E-state index in [-0.39, 0.29) is 5.82 Å². The Balaban J connectivity index is 2.06. The molecular formula is C13H14FN. The Hall–Kier alpha value is -1.33. The fourth-order valence-corrected chi connectivity index (χ4v) is 1.72. The predicted molar refractivity (Wildman–Crippen MR) is 58.7 cm³/mol. The fraction of sp³-hybridized carbons (Fsp3) is 0.385. The van der Waals surface area contributed by atoms with Gasteiger partial charge in [-0.05, 0) is 18.9 Å². The number of rotatable bonds is 4. The first-order chi connectivity index (χ1) is 7.31. The Bertz CT molecular complexity index is 376. The van der Waals surface area contributed by atoms with Crippen LogP contribution in [0.25, 0.3) is 0 Å². The van der Waals surface area contributed by atoms with Gasteiger partial charge in [0.15, 0.2) is 0 Å². The summed E-state index contributed by atoms with van der Waals surface area (Å²) in [6, 6.07) is 7.46. The fourth-order valence-electron chi connectivity index (χ4n) is 1.72. The van der Waals surface area contributed by atoms with E-state index < -0.39 is 0 Å². The zero-order valence-corrected chi connectivity index (χ0v) is 8.62. The largest absolute Gasteiger partial charge is 0.285 e. The van der Waals surface area contributed by atoms with E-state index in [0.29, 0.717) is 19.1 Å². The van der Waals surface area contributed by atoms with Crippen molar-refractivity contribution in [1.82, 2.24) is 4.90 Å². The van der Waals surface area contributed by atoms with E-state index in [1.807, 2.05) is 12.1 Å². The zero-order chi connectivity index (χ0) is 10.7. The molecule has 0 N–H and O–H groups in total. The molecule has 0 saturated heterocycles. The highest BCUT2D eigenvalue weighted by Gasteiger charge is 2.28. The first-order valence-electron chi connectivity index (χ1n) is 5.22. The van der Waals surface area contributed by atoms with Crippen molar-refractivity contribution in [3.63, 3.8) is 0 Å². The molecule has 0 amide bonds. The second-order valence-corrected chi connectivity index (χ2v) is 3.93. The molecule has 2 heteroatoms. The minimum atomic E-state index is -0.139. The second kappa shape index (κ2) is 4.46. The van der Waals surface area contributed by atoms with E-state index in [1.54, 1.807) is 6.07 Å². The summed E-state index contributed by atoms with van der Waals surface area (Å²) in [5, 5.41) is 0. The summed E-state index contributed by atoms with van der Waals surface area (Å²) in [5.74, 6) is 2.49. The third-order valence-electron chi connectivity index (χ3n) is 2.69. The lowest BCUT2D eigenvalue weighted by atomic mass is 10.2. The van der Waals surface area contributed by atoms with Crippen molar-refractivity contribution < 1.29 is 4.39 Å². The van der Waals surface area contributed by atoms with Crippen molar-refractivity contribution in [2.45, 2.75) is 25.4 Å². The van der Waals surface area contributed by atoms with Crippen LogP contribution in [0.15, 0.2) is 24.3 Å². The molecule has 0 bridgehead atoms. The molecule has 0 spiro atoms. The van der Waals surface area contributed by atoms with E-state index >= 15 is 0 Å². The molecule has 1 nitrogen and oxygen atoms in total. The van der Waals surface area contributed by atoms with Crippen LogP contribution >= 0.6 is 0 Å². The van der Waals surface area contributed by atoms with Gasteiger partial charge in [-0.2, -0.15) is 0 Å². The molecule has 0 aromatic heterocycles. The molecule has 15 heavy (non-hydrogen) atoms. The van der Waals surface area contributed by atoms with E-state index in [9.17, 15) is 4.39 Å². The molecule has 1 aromatic carbocycles. The molecule has 0 unspecified atom stereocenters. The van der Waals surface area contributed by atoms with Gasteiger partial charge in [0.2, 0.25) is 0 Å². The van der Waals surface area contributed by atoms with Crippen molar-refractivity contribution in [3.05, 3.63) is 35.6 Å². The molecule has 1 aromatic rings. The van der Waals surface area contributed by atoms with Crippen molar-refractivity contribution in [2.75, 3.05) is 6.54 Å². The third-order valence-corrected chi connectivity index (χ3v) is 2.69. The van der Waals surface area contributed by atoms with Crippen molar-refractivity contribution in [3.8, 4) is 12.3 Å². The number of benzene rings is 1. The van der Waals surface area contributed by atoms with Gasteiger partial charge in [-0.15, -0.1) is 6.42 Å². The molecule has 1 fully saturated rings. The third kappa shape index (κ3) is 2.57. The molecule has 0 atom stereocenters. The van der Waals surface area contributed by atoms with E-state index in [1.165, 1.54) is 18.9 Å². The van der Waals surface area contributed by atoms with Crippen LogP contribution in [0.5, 0.6) is 0 Å². The highest BCUT2D eigenvalue weighted by molar-refractivity contribution is 5.17. The Morgan fingerprint density at radius 3 is 2.73 bits per heavy atom. The minimum Gasteiger partial charge on any atom is -0.285 e. The van der Waals surface area contributed by atoms with Crippen LogP contribution in [-0.4, -0.2) is 17.5 Å². The summed E-state index contributed by atoms with van der Waals surface area (Å²) >= 11 is 0. The first-order valence-corrected chi connectivity index (χ1v) is 5.22. The lowest BCUT2D eigenvalue weighted by molar-refractivity contribution is 0.284. The average molecular weight is 203 g/mol. The normalized spacial score (nSPS) is 15.3. The summed E-state index contributed by atoms with van der Waals surface area (Å²) in [6.45, 7) is 1.24. The molecule has 78 valence electrons. The average Bonchev–Trinajstić information content (AvgIpc) is 3.04. The topological polar surface area (TPSA) is 3.24 Å². The molecule has 0 radical (unpaired) electrons. The maximum absolute atomic E-state index is 13.4. The van der Waals surface area contributed by atoms with E-state index in [2.05, 4.69) is 10.8 Å². The molecule has 1 aliphatic rings. The van der Waals surface area contributed by atoms with Gasteiger partial charge in [-0.1, -0.05) is 24.1 Å². The number of terminal acetylenes is 1. The summed E-state index contributed by atoms with van der Waals surface area (Å²) in [7, 11) is 0. The van der Waals surface area contributed by atoms with E-state index in [0.717, 1.165) is 5.56 Å². The lowest BCUT2D eigenvalue weighted by Gasteiger charge is -2.19. The van der Waals surface area contributed by atoms with Gasteiger partial charge in [0.1, 0.15) is 5.82 Å². The number of hydrogen-bond donors (Lipinski definition) is 0. The van der Waals surface area contributed by atoms with Gasteiger partial charge in [0.05, 0.1) is 6.54 Å². The summed E-state index contributed by atoms with van der Waals surface area (Å²) in [5.41, 5.74) is 0.736. The summed E-state index contributed by atoms with van der Waals surface area (Å²) in [6.07, 6.45) is 7.68. The van der Waals surface area contributed by atoms with Crippen LogP contribution in [-0.2, 0) is 6.54 Å². The smallest absolute Gasteiger partial charge is 0.127 e. The van der Waals surface area contributed by atoms with Crippen LogP contribution in [0.1, 0.15) is 18.4 Å². The van der Waals surface area contributed by atoms with Gasteiger partial charge in [0.25, 0.3) is 0 Å². The predicted octanol–water partition coefficient (Wildman–Crippen LogP) is 2.42. The van der Waals surface area contributed by atoms with Crippen molar-refractivity contribution in [1.29, 1.82) is 0 Å². The van der Waals surface area contributed by atoms with Gasteiger partial charge >= 0.3 is 0 Å². The Morgan fingerprint density at radius 1 is 1.40 bits per heavy atom. The lowest BCUT2D eigenvalue weighted by Crippen LogP contribution is -2.26.